The van der Waals surface area contributed by atoms with Gasteiger partial charge in [-0.2, -0.15) is 0 Å². The van der Waals surface area contributed by atoms with Gasteiger partial charge in [0.05, 0.1) is 29.4 Å². The molecule has 0 spiro atoms. The van der Waals surface area contributed by atoms with Crippen molar-refractivity contribution in [2.45, 2.75) is 18.2 Å². The summed E-state index contributed by atoms with van der Waals surface area (Å²) in [7, 11) is -3.01. The molecule has 2 fully saturated rings. The minimum absolute atomic E-state index is 0.208. The topological polar surface area (TPSA) is 127 Å². The van der Waals surface area contributed by atoms with Crippen LogP contribution in [0.25, 0.3) is 21.6 Å². The zero-order valence-electron chi connectivity index (χ0n) is 17.8. The average molecular weight is 476 g/mol. The van der Waals surface area contributed by atoms with E-state index in [1.807, 2.05) is 0 Å². The van der Waals surface area contributed by atoms with E-state index in [4.69, 9.17) is 20.4 Å². The Morgan fingerprint density at radius 2 is 1.94 bits per heavy atom. The number of aromatic nitrogens is 4. The van der Waals surface area contributed by atoms with E-state index in [9.17, 15) is 8.42 Å². The second kappa shape index (κ2) is 8.50. The lowest BCUT2D eigenvalue weighted by Gasteiger charge is -2.28. The monoisotopic (exact) mass is 475 g/mol. The lowest BCUT2D eigenvalue weighted by atomic mass is 10.2. The highest BCUT2D eigenvalue weighted by molar-refractivity contribution is 7.91. The van der Waals surface area contributed by atoms with Gasteiger partial charge in [-0.15, -0.1) is 11.3 Å². The summed E-state index contributed by atoms with van der Waals surface area (Å²) in [5.74, 6) is 1.65. The number of rotatable bonds is 5. The first-order valence-corrected chi connectivity index (χ1v) is 13.3. The van der Waals surface area contributed by atoms with Crippen molar-refractivity contribution in [3.05, 3.63) is 23.3 Å². The van der Waals surface area contributed by atoms with E-state index in [2.05, 4.69) is 25.8 Å². The molecule has 32 heavy (non-hydrogen) atoms. The summed E-state index contributed by atoms with van der Waals surface area (Å²) in [6.45, 7) is 4.89. The molecule has 3 aromatic heterocycles. The highest BCUT2D eigenvalue weighted by Crippen LogP contribution is 2.34. The van der Waals surface area contributed by atoms with Crippen molar-refractivity contribution in [2.24, 2.45) is 0 Å². The SMILES string of the molecule is CS(=O)(=O)C1CCN(Cc2cc3c(N4CCOCC4)nc(-c4cnc(N)nc4)nc3s2)C1. The number of anilines is 2. The van der Waals surface area contributed by atoms with Crippen LogP contribution in [0.4, 0.5) is 11.8 Å². The maximum Gasteiger partial charge on any atom is 0.219 e. The van der Waals surface area contributed by atoms with E-state index in [-0.39, 0.29) is 11.2 Å². The van der Waals surface area contributed by atoms with Crippen LogP contribution in [0.2, 0.25) is 0 Å². The lowest BCUT2D eigenvalue weighted by molar-refractivity contribution is 0.122. The third kappa shape index (κ3) is 4.40. The Morgan fingerprint density at radius 3 is 2.62 bits per heavy atom. The van der Waals surface area contributed by atoms with Gasteiger partial charge in [0, 0.05) is 49.7 Å². The van der Waals surface area contributed by atoms with Crippen molar-refractivity contribution in [2.75, 3.05) is 56.3 Å². The van der Waals surface area contributed by atoms with Crippen LogP contribution in [0.3, 0.4) is 0 Å². The molecule has 2 aliphatic rings. The Kier molecular flexibility index (Phi) is 5.70. The number of ether oxygens (including phenoxy) is 1. The van der Waals surface area contributed by atoms with Crippen LogP contribution in [0.1, 0.15) is 11.3 Å². The lowest BCUT2D eigenvalue weighted by Crippen LogP contribution is -2.37. The zero-order chi connectivity index (χ0) is 22.3. The third-order valence-corrected chi connectivity index (χ3v) is 8.49. The van der Waals surface area contributed by atoms with Gasteiger partial charge in [-0.1, -0.05) is 0 Å². The molecule has 0 aromatic carbocycles. The van der Waals surface area contributed by atoms with Crippen LogP contribution in [-0.2, 0) is 21.1 Å². The van der Waals surface area contributed by atoms with Crippen LogP contribution in [0, 0.1) is 0 Å². The summed E-state index contributed by atoms with van der Waals surface area (Å²) in [5.41, 5.74) is 6.34. The number of fused-ring (bicyclic) bond motifs is 1. The van der Waals surface area contributed by atoms with Crippen LogP contribution in [0.15, 0.2) is 18.5 Å². The number of hydrogen-bond donors (Lipinski definition) is 1. The van der Waals surface area contributed by atoms with Crippen molar-refractivity contribution in [3.63, 3.8) is 0 Å². The average Bonchev–Trinajstić information content (AvgIpc) is 3.41. The van der Waals surface area contributed by atoms with Gasteiger partial charge in [0.25, 0.3) is 0 Å². The maximum absolute atomic E-state index is 11.9. The number of morpholine rings is 1. The van der Waals surface area contributed by atoms with Gasteiger partial charge in [0.15, 0.2) is 15.7 Å². The summed E-state index contributed by atoms with van der Waals surface area (Å²) in [4.78, 5) is 24.3. The first-order chi connectivity index (χ1) is 15.4. The van der Waals surface area contributed by atoms with Crippen molar-refractivity contribution in [3.8, 4) is 11.4 Å². The molecule has 170 valence electrons. The fraction of sp³-hybridized carbons (Fsp3) is 0.500. The molecular weight excluding hydrogens is 450 g/mol. The Morgan fingerprint density at radius 1 is 1.19 bits per heavy atom. The molecule has 2 N–H and O–H groups in total. The van der Waals surface area contributed by atoms with Gasteiger partial charge >= 0.3 is 0 Å². The summed E-state index contributed by atoms with van der Waals surface area (Å²) in [5, 5.41) is 0.726. The predicted molar refractivity (Wildman–Crippen MR) is 124 cm³/mol. The Hall–Kier alpha value is -2.41. The van der Waals surface area contributed by atoms with Crippen molar-refractivity contribution in [1.29, 1.82) is 0 Å². The summed E-state index contributed by atoms with van der Waals surface area (Å²) in [6.07, 6.45) is 5.28. The first kappa shape index (κ1) is 21.4. The fourth-order valence-corrected chi connectivity index (χ4v) is 6.22. The van der Waals surface area contributed by atoms with E-state index in [1.54, 1.807) is 23.7 Å². The van der Waals surface area contributed by atoms with Gasteiger partial charge in [-0.3, -0.25) is 4.90 Å². The molecule has 5 heterocycles. The Balaban J connectivity index is 1.49. The second-order valence-electron chi connectivity index (χ2n) is 8.21. The highest BCUT2D eigenvalue weighted by atomic mass is 32.2. The molecule has 5 rings (SSSR count). The number of nitrogens with zero attached hydrogens (tertiary/aromatic N) is 6. The van der Waals surface area contributed by atoms with Gasteiger partial charge in [-0.05, 0) is 19.0 Å². The minimum Gasteiger partial charge on any atom is -0.378 e. The standard InChI is InChI=1S/C20H25N7O3S2/c1-32(28,29)15-2-3-26(12-15)11-14-8-16-18(27-4-6-30-7-5-27)24-17(25-19(16)31-14)13-9-22-20(21)23-10-13/h8-10,15H,2-7,11-12H2,1H3,(H2,21,22,23). The quantitative estimate of drug-likeness (QED) is 0.574. The first-order valence-electron chi connectivity index (χ1n) is 10.5. The van der Waals surface area contributed by atoms with Crippen LogP contribution >= 0.6 is 11.3 Å². The summed E-state index contributed by atoms with van der Waals surface area (Å²) in [6, 6.07) is 2.14. The molecule has 1 atom stereocenters. The Bertz CT molecular complexity index is 1220. The number of nitrogen functional groups attached to an aromatic ring is 1. The number of sulfone groups is 1. The molecule has 1 unspecified atom stereocenters. The normalized spacial score (nSPS) is 20.3. The zero-order valence-corrected chi connectivity index (χ0v) is 19.4. The minimum atomic E-state index is -3.01. The van der Waals surface area contributed by atoms with Crippen LogP contribution in [0.5, 0.6) is 0 Å². The van der Waals surface area contributed by atoms with Gasteiger partial charge in [-0.25, -0.2) is 28.4 Å². The van der Waals surface area contributed by atoms with Gasteiger partial charge in [0.2, 0.25) is 5.95 Å². The van der Waals surface area contributed by atoms with Crippen molar-refractivity contribution < 1.29 is 13.2 Å². The van der Waals surface area contributed by atoms with Crippen LogP contribution in [-0.4, -0.2) is 84.2 Å². The number of thiophene rings is 1. The van der Waals surface area contributed by atoms with Crippen molar-refractivity contribution in [1.82, 2.24) is 24.8 Å². The molecule has 12 heteroatoms. The largest absolute Gasteiger partial charge is 0.378 e. The molecule has 10 nitrogen and oxygen atoms in total. The molecule has 0 radical (unpaired) electrons. The highest BCUT2D eigenvalue weighted by Gasteiger charge is 2.30. The van der Waals surface area contributed by atoms with Gasteiger partial charge < -0.3 is 15.4 Å². The summed E-state index contributed by atoms with van der Waals surface area (Å²) < 4.78 is 29.3. The van der Waals surface area contributed by atoms with E-state index in [0.717, 1.165) is 40.5 Å². The second-order valence-corrected chi connectivity index (χ2v) is 11.6. The third-order valence-electron chi connectivity index (χ3n) is 5.88. The molecule has 0 bridgehead atoms. The van der Waals surface area contributed by atoms with Crippen LogP contribution < -0.4 is 10.6 Å². The Labute approximate surface area is 190 Å². The molecule has 2 saturated heterocycles. The predicted octanol–water partition coefficient (Wildman–Crippen LogP) is 1.19. The van der Waals surface area contributed by atoms with E-state index in [1.165, 1.54) is 6.26 Å². The molecule has 2 aliphatic heterocycles. The molecule has 0 aliphatic carbocycles. The molecule has 0 amide bonds. The summed E-state index contributed by atoms with van der Waals surface area (Å²) >= 11 is 1.62. The maximum atomic E-state index is 11.9. The van der Waals surface area contributed by atoms with Crippen molar-refractivity contribution >= 4 is 43.2 Å². The molecule has 0 saturated carbocycles. The molecule has 3 aromatic rings. The number of likely N-dealkylation sites (tertiary alicyclic amines) is 1. The molecular formula is C20H25N7O3S2. The van der Waals surface area contributed by atoms with Gasteiger partial charge in [0.1, 0.15) is 10.6 Å². The van der Waals surface area contributed by atoms with E-state index >= 15 is 0 Å². The number of hydrogen-bond acceptors (Lipinski definition) is 11. The number of nitrogens with two attached hydrogens (primary N) is 1. The van der Waals surface area contributed by atoms with E-state index < -0.39 is 9.84 Å². The smallest absolute Gasteiger partial charge is 0.219 e. The fourth-order valence-electron chi connectivity index (χ4n) is 4.14. The van der Waals surface area contributed by atoms with E-state index in [0.29, 0.717) is 44.1 Å².